The molecule has 0 aliphatic rings. The fourth-order valence-corrected chi connectivity index (χ4v) is 3.71. The molecular weight excluding hydrogens is 484 g/mol. The van der Waals surface area contributed by atoms with Crippen LogP contribution in [0.5, 0.6) is 0 Å². The molecular formula is C18H15Cl2F3N2O5S. The highest BCUT2D eigenvalue weighted by Gasteiger charge is 2.34. The molecule has 0 spiro atoms. The molecule has 0 saturated heterocycles. The van der Waals surface area contributed by atoms with Crippen molar-refractivity contribution in [3.63, 3.8) is 0 Å². The Morgan fingerprint density at radius 3 is 2.26 bits per heavy atom. The molecule has 2 aromatic rings. The topological polar surface area (TPSA) is 92.8 Å². The number of hydrogen-bond donors (Lipinski definition) is 1. The highest BCUT2D eigenvalue weighted by molar-refractivity contribution is 7.92. The van der Waals surface area contributed by atoms with E-state index in [1.165, 1.54) is 18.2 Å². The van der Waals surface area contributed by atoms with Gasteiger partial charge in [0.2, 0.25) is 15.9 Å². The lowest BCUT2D eigenvalue weighted by Crippen LogP contribution is -2.37. The summed E-state index contributed by atoms with van der Waals surface area (Å²) in [7, 11) is -3.01. The number of rotatable bonds is 6. The molecule has 0 bridgehead atoms. The number of alkyl halides is 3. The summed E-state index contributed by atoms with van der Waals surface area (Å²) in [5.74, 6) is -1.62. The lowest BCUT2D eigenvalue weighted by atomic mass is 10.2. The first kappa shape index (κ1) is 24.8. The maximum absolute atomic E-state index is 13.1. The molecule has 13 heteroatoms. The number of methoxy groups -OCH3 is 1. The van der Waals surface area contributed by atoms with Crippen LogP contribution in [0.3, 0.4) is 0 Å². The molecule has 0 aliphatic carbocycles. The Kier molecular flexibility index (Phi) is 7.45. The Bertz CT molecular complexity index is 1120. The molecule has 0 fully saturated rings. The first-order valence-corrected chi connectivity index (χ1v) is 10.9. The third-order valence-corrected chi connectivity index (χ3v) is 5.69. The van der Waals surface area contributed by atoms with Crippen LogP contribution in [0.15, 0.2) is 36.4 Å². The van der Waals surface area contributed by atoms with E-state index < -0.39 is 50.9 Å². The molecule has 7 nitrogen and oxygen atoms in total. The molecule has 0 unspecified atom stereocenters. The van der Waals surface area contributed by atoms with Crippen molar-refractivity contribution >= 4 is 56.5 Å². The zero-order valence-corrected chi connectivity index (χ0v) is 18.3. The molecule has 2 rings (SSSR count). The van der Waals surface area contributed by atoms with Crippen LogP contribution in [0, 0.1) is 0 Å². The van der Waals surface area contributed by atoms with Crippen molar-refractivity contribution in [1.29, 1.82) is 0 Å². The second-order valence-electron chi connectivity index (χ2n) is 6.17. The van der Waals surface area contributed by atoms with Gasteiger partial charge in [-0.05, 0) is 36.4 Å². The Hall–Kier alpha value is -2.50. The molecule has 0 aliphatic heterocycles. The highest BCUT2D eigenvalue weighted by Crippen LogP contribution is 2.37. The number of carbonyl (C=O) groups is 2. The fraction of sp³-hybridized carbons (Fsp3) is 0.222. The van der Waals surface area contributed by atoms with E-state index in [4.69, 9.17) is 23.2 Å². The van der Waals surface area contributed by atoms with Crippen LogP contribution >= 0.6 is 23.2 Å². The first-order valence-electron chi connectivity index (χ1n) is 8.26. The molecule has 168 valence electrons. The second-order valence-corrected chi connectivity index (χ2v) is 8.89. The lowest BCUT2D eigenvalue weighted by Gasteiger charge is -2.23. The van der Waals surface area contributed by atoms with E-state index in [1.807, 2.05) is 0 Å². The number of halogens is 5. The van der Waals surface area contributed by atoms with E-state index in [0.29, 0.717) is 10.4 Å². The molecule has 0 atom stereocenters. The Morgan fingerprint density at radius 2 is 1.71 bits per heavy atom. The van der Waals surface area contributed by atoms with Crippen molar-refractivity contribution in [3.05, 3.63) is 57.6 Å². The summed E-state index contributed by atoms with van der Waals surface area (Å²) in [6.45, 7) is -0.865. The van der Waals surface area contributed by atoms with Crippen molar-refractivity contribution in [2.45, 2.75) is 6.18 Å². The summed E-state index contributed by atoms with van der Waals surface area (Å²) < 4.78 is 68.8. The number of sulfonamides is 1. The molecule has 0 aromatic heterocycles. The van der Waals surface area contributed by atoms with Gasteiger partial charge in [-0.3, -0.25) is 9.10 Å². The monoisotopic (exact) mass is 498 g/mol. The summed E-state index contributed by atoms with van der Waals surface area (Å²) in [6, 6.07) is 6.32. The number of benzene rings is 2. The zero-order chi connectivity index (χ0) is 23.6. The highest BCUT2D eigenvalue weighted by atomic mass is 35.5. The van der Waals surface area contributed by atoms with Crippen molar-refractivity contribution in [3.8, 4) is 0 Å². The van der Waals surface area contributed by atoms with Gasteiger partial charge in [-0.15, -0.1) is 0 Å². The molecule has 0 saturated carbocycles. The summed E-state index contributed by atoms with van der Waals surface area (Å²) in [5.41, 5.74) is -1.62. The van der Waals surface area contributed by atoms with Crippen LogP contribution in [0.2, 0.25) is 10.0 Å². The normalized spacial score (nSPS) is 11.7. The fourth-order valence-electron chi connectivity index (χ4n) is 2.47. The predicted molar refractivity (Wildman–Crippen MR) is 110 cm³/mol. The number of nitrogens with zero attached hydrogens (tertiary/aromatic N) is 1. The summed E-state index contributed by atoms with van der Waals surface area (Å²) >= 11 is 11.5. The van der Waals surface area contributed by atoms with Crippen molar-refractivity contribution in [1.82, 2.24) is 0 Å². The number of ether oxygens (including phenoxy) is 1. The van der Waals surface area contributed by atoms with Gasteiger partial charge >= 0.3 is 12.1 Å². The summed E-state index contributed by atoms with van der Waals surface area (Å²) in [6.07, 6.45) is -4.10. The number of anilines is 2. The lowest BCUT2D eigenvalue weighted by molar-refractivity contribution is -0.137. The van der Waals surface area contributed by atoms with Crippen LogP contribution in [-0.2, 0) is 25.7 Å². The second kappa shape index (κ2) is 9.33. The molecule has 2 aromatic carbocycles. The number of amides is 1. The van der Waals surface area contributed by atoms with E-state index in [-0.39, 0.29) is 16.3 Å². The number of nitrogens with one attached hydrogen (secondary N) is 1. The van der Waals surface area contributed by atoms with Crippen LogP contribution in [0.4, 0.5) is 24.5 Å². The Labute approximate surface area is 185 Å². The summed E-state index contributed by atoms with van der Waals surface area (Å²) in [5, 5.41) is 1.74. The van der Waals surface area contributed by atoms with Crippen LogP contribution in [0.25, 0.3) is 0 Å². The minimum Gasteiger partial charge on any atom is -0.465 e. The van der Waals surface area contributed by atoms with E-state index in [9.17, 15) is 31.2 Å². The van der Waals surface area contributed by atoms with E-state index in [0.717, 1.165) is 25.5 Å². The maximum atomic E-state index is 13.1. The minimum atomic E-state index is -4.83. The molecule has 0 heterocycles. The largest absolute Gasteiger partial charge is 0.465 e. The third-order valence-electron chi connectivity index (χ3n) is 3.89. The minimum absolute atomic E-state index is 0.0184. The van der Waals surface area contributed by atoms with Crippen molar-refractivity contribution in [2.75, 3.05) is 29.5 Å². The van der Waals surface area contributed by atoms with Crippen LogP contribution < -0.4 is 9.62 Å². The van der Waals surface area contributed by atoms with Gasteiger partial charge in [-0.25, -0.2) is 13.2 Å². The Balaban J connectivity index is 2.35. The van der Waals surface area contributed by atoms with E-state index in [2.05, 4.69) is 10.1 Å². The van der Waals surface area contributed by atoms with E-state index in [1.54, 1.807) is 0 Å². The molecule has 0 radical (unpaired) electrons. The number of carbonyl (C=O) groups excluding carboxylic acids is 2. The molecule has 31 heavy (non-hydrogen) atoms. The van der Waals surface area contributed by atoms with Gasteiger partial charge in [0.25, 0.3) is 0 Å². The first-order chi connectivity index (χ1) is 14.2. The standard InChI is InChI=1S/C18H15Cl2F3N2O5S/c1-30-17(27)10-3-5-14(20)15(7-10)24-16(26)9-25(31(2,28)29)11-4-6-13(19)12(8-11)18(21,22)23/h3-8H,9H2,1-2H3,(H,24,26). The van der Waals surface area contributed by atoms with Gasteiger partial charge in [0.15, 0.2) is 0 Å². The number of esters is 1. The average molecular weight is 499 g/mol. The van der Waals surface area contributed by atoms with Gasteiger partial charge in [0.05, 0.1) is 45.9 Å². The van der Waals surface area contributed by atoms with E-state index >= 15 is 0 Å². The predicted octanol–water partition coefficient (Wildman–Crippen LogP) is 4.20. The molecule has 1 amide bonds. The van der Waals surface area contributed by atoms with Crippen LogP contribution in [-0.4, -0.2) is 40.2 Å². The van der Waals surface area contributed by atoms with Crippen molar-refractivity contribution < 1.29 is 35.9 Å². The maximum Gasteiger partial charge on any atom is 0.417 e. The zero-order valence-electron chi connectivity index (χ0n) is 16.0. The molecule has 1 N–H and O–H groups in total. The van der Waals surface area contributed by atoms with Gasteiger partial charge in [0, 0.05) is 0 Å². The van der Waals surface area contributed by atoms with Gasteiger partial charge in [0.1, 0.15) is 6.54 Å². The van der Waals surface area contributed by atoms with Crippen molar-refractivity contribution in [2.24, 2.45) is 0 Å². The smallest absolute Gasteiger partial charge is 0.417 e. The van der Waals surface area contributed by atoms with Crippen LogP contribution in [0.1, 0.15) is 15.9 Å². The summed E-state index contributed by atoms with van der Waals surface area (Å²) in [4.78, 5) is 24.1. The SMILES string of the molecule is COC(=O)c1ccc(Cl)c(NC(=O)CN(c2ccc(Cl)c(C(F)(F)F)c2)S(C)(=O)=O)c1. The number of hydrogen-bond acceptors (Lipinski definition) is 5. The van der Waals surface area contributed by atoms with Gasteiger partial charge in [-0.2, -0.15) is 13.2 Å². The quantitative estimate of drug-likeness (QED) is 0.602. The third kappa shape index (κ3) is 6.25. The average Bonchev–Trinajstić information content (AvgIpc) is 2.66. The van der Waals surface area contributed by atoms with Gasteiger partial charge < -0.3 is 10.1 Å². The Morgan fingerprint density at radius 1 is 1.10 bits per heavy atom. The van der Waals surface area contributed by atoms with Gasteiger partial charge in [-0.1, -0.05) is 23.2 Å².